The molecule has 3 fully saturated rings. The summed E-state index contributed by atoms with van der Waals surface area (Å²) < 4.78 is 113. The van der Waals surface area contributed by atoms with E-state index in [2.05, 4.69) is 0 Å². The molecule has 5 aliphatic rings. The van der Waals surface area contributed by atoms with E-state index >= 15 is 0 Å². The van der Waals surface area contributed by atoms with Gasteiger partial charge in [-0.3, -0.25) is 13.2 Å². The van der Waals surface area contributed by atoms with Crippen LogP contribution in [0.1, 0.15) is 35.6 Å². The molecule has 3 saturated heterocycles. The molecule has 0 amide bonds. The van der Waals surface area contributed by atoms with E-state index in [4.69, 9.17) is 51.0 Å². The van der Waals surface area contributed by atoms with Gasteiger partial charge in [0, 0.05) is 11.8 Å². The molecule has 274 valence electrons. The number of phenolic OH excluding ortho intramolecular Hbond substituents is 1. The van der Waals surface area contributed by atoms with Gasteiger partial charge in [-0.25, -0.2) is 0 Å². The quantitative estimate of drug-likeness (QED) is 0.284. The van der Waals surface area contributed by atoms with Crippen LogP contribution in [0.2, 0.25) is 0 Å². The van der Waals surface area contributed by atoms with Crippen LogP contribution in [0.25, 0.3) is 0 Å². The molecule has 0 saturated carbocycles. The molecule has 17 nitrogen and oxygen atoms in total. The fourth-order valence-corrected chi connectivity index (χ4v) is 8.54. The van der Waals surface area contributed by atoms with Crippen LogP contribution in [0, 0.1) is 11.8 Å². The molecule has 7 rings (SSSR count). The number of hydrogen-bond donors (Lipinski definition) is 1. The average molecular weight is 745 g/mol. The topological polar surface area (TPSA) is 207 Å². The summed E-state index contributed by atoms with van der Waals surface area (Å²) in [5, 5.41) is 10.7. The normalized spacial score (nSPS) is 33.2. The SMILES string of the molecule is COc1cc([C@@H]2c3cc4c(cc3[C@@H](O[C@@H]3O[C@@H]5CO[C@@H](C)O[C@H]5[C@H](OS(C)(=O)=O)[C@H]3OS(C)(=O)=O)[C@H]3COC(=O)[C@H]23)OCO4)cc(OC)c1O. The second kappa shape index (κ2) is 13.0. The fraction of sp³-hybridized carbons (Fsp3) is 0.581. The van der Waals surface area contributed by atoms with E-state index in [1.807, 2.05) is 0 Å². The van der Waals surface area contributed by atoms with Crippen LogP contribution < -0.4 is 18.9 Å². The zero-order chi connectivity index (χ0) is 35.7. The van der Waals surface area contributed by atoms with E-state index in [1.54, 1.807) is 31.2 Å². The molecule has 0 unspecified atom stereocenters. The number of aromatic hydroxyl groups is 1. The highest BCUT2D eigenvalue weighted by molar-refractivity contribution is 7.86. The van der Waals surface area contributed by atoms with Gasteiger partial charge in [0.2, 0.25) is 12.5 Å². The number of cyclic esters (lactones) is 1. The molecule has 50 heavy (non-hydrogen) atoms. The van der Waals surface area contributed by atoms with Gasteiger partial charge >= 0.3 is 5.97 Å². The first-order chi connectivity index (χ1) is 23.7. The Labute approximate surface area is 287 Å². The van der Waals surface area contributed by atoms with Crippen LogP contribution in [-0.2, 0) is 57.1 Å². The highest BCUT2D eigenvalue weighted by Crippen LogP contribution is 2.57. The first kappa shape index (κ1) is 35.0. The lowest BCUT2D eigenvalue weighted by atomic mass is 9.66. The summed E-state index contributed by atoms with van der Waals surface area (Å²) in [6, 6.07) is 6.60. The molecule has 4 aliphatic heterocycles. The van der Waals surface area contributed by atoms with Gasteiger partial charge in [0.1, 0.15) is 18.3 Å². The first-order valence-corrected chi connectivity index (χ1v) is 19.2. The van der Waals surface area contributed by atoms with Crippen molar-refractivity contribution in [3.05, 3.63) is 41.0 Å². The van der Waals surface area contributed by atoms with Crippen molar-refractivity contribution in [3.63, 3.8) is 0 Å². The summed E-state index contributed by atoms with van der Waals surface area (Å²) in [7, 11) is -5.71. The molecule has 1 aliphatic carbocycles. The number of rotatable bonds is 9. The molecule has 0 spiro atoms. The summed E-state index contributed by atoms with van der Waals surface area (Å²) in [5.41, 5.74) is 1.62. The maximum absolute atomic E-state index is 13.6. The minimum atomic E-state index is -4.27. The second-order valence-electron chi connectivity index (χ2n) is 12.5. The van der Waals surface area contributed by atoms with Crippen molar-refractivity contribution in [3.8, 4) is 28.7 Å². The lowest BCUT2D eigenvalue weighted by molar-refractivity contribution is -0.357. The summed E-state index contributed by atoms with van der Waals surface area (Å²) >= 11 is 0. The maximum atomic E-state index is 13.6. The van der Waals surface area contributed by atoms with Crippen molar-refractivity contribution in [2.45, 2.75) is 55.9 Å². The third-order valence-electron chi connectivity index (χ3n) is 9.27. The Kier molecular flexibility index (Phi) is 9.07. The summed E-state index contributed by atoms with van der Waals surface area (Å²) in [5.74, 6) is -2.07. The number of hydrogen-bond acceptors (Lipinski definition) is 17. The van der Waals surface area contributed by atoms with Gasteiger partial charge in [0.15, 0.2) is 41.7 Å². The van der Waals surface area contributed by atoms with Crippen molar-refractivity contribution >= 4 is 26.2 Å². The number of carbonyl (C=O) groups excluding carboxylic acids is 1. The molecular weight excluding hydrogens is 708 g/mol. The van der Waals surface area contributed by atoms with Crippen LogP contribution in [0.4, 0.5) is 0 Å². The summed E-state index contributed by atoms with van der Waals surface area (Å²) in [6.45, 7) is 1.35. The Balaban J connectivity index is 1.36. The van der Waals surface area contributed by atoms with Crippen molar-refractivity contribution < 1.29 is 77.7 Å². The van der Waals surface area contributed by atoms with E-state index in [0.29, 0.717) is 28.2 Å². The van der Waals surface area contributed by atoms with E-state index in [-0.39, 0.29) is 37.3 Å². The molecule has 0 bridgehead atoms. The lowest BCUT2D eigenvalue weighted by Crippen LogP contribution is -2.65. The average Bonchev–Trinajstić information content (AvgIpc) is 3.67. The number of esters is 1. The van der Waals surface area contributed by atoms with Crippen molar-refractivity contribution in [1.29, 1.82) is 0 Å². The second-order valence-corrected chi connectivity index (χ2v) is 15.7. The third kappa shape index (κ3) is 6.45. The van der Waals surface area contributed by atoms with Crippen LogP contribution in [0.15, 0.2) is 24.3 Å². The van der Waals surface area contributed by atoms with Crippen LogP contribution in [0.3, 0.4) is 0 Å². The van der Waals surface area contributed by atoms with E-state index in [9.17, 15) is 26.7 Å². The molecule has 19 heteroatoms. The van der Waals surface area contributed by atoms with Crippen molar-refractivity contribution in [2.24, 2.45) is 11.8 Å². The lowest BCUT2D eigenvalue weighted by Gasteiger charge is -2.49. The number of carbonyl (C=O) groups is 1. The summed E-state index contributed by atoms with van der Waals surface area (Å²) in [6.07, 6.45) is -7.15. The standard InChI is InChI=1S/C31H36O17S2/c1-13-40-11-22-27(44-13)28(47-49(4,34)35)29(48-50(5,36)37)31(45-22)46-26-16-9-19-18(42-12-43-19)8-15(16)23(24-17(26)10-41-30(24)33)14-6-20(38-2)25(32)21(7-14)39-3/h6-9,13,17,22-24,26-29,31-32H,10-12H2,1-5H3/t13-,17+,22-,23-,24+,26-,27-,28+,29-,31+/m1/s1. The van der Waals surface area contributed by atoms with E-state index in [0.717, 1.165) is 12.5 Å². The zero-order valence-corrected chi connectivity index (χ0v) is 29.1. The number of ether oxygens (including phenoxy) is 9. The smallest absolute Gasteiger partial charge is 0.310 e. The molecule has 0 radical (unpaired) electrons. The predicted octanol–water partition coefficient (Wildman–Crippen LogP) is 1.31. The van der Waals surface area contributed by atoms with Gasteiger partial charge in [0.05, 0.1) is 52.0 Å². The molecule has 10 atom stereocenters. The minimum Gasteiger partial charge on any atom is -0.502 e. The highest BCUT2D eigenvalue weighted by atomic mass is 32.2. The fourth-order valence-electron chi connectivity index (χ4n) is 7.32. The van der Waals surface area contributed by atoms with Gasteiger partial charge in [-0.05, 0) is 47.9 Å². The number of fused-ring (bicyclic) bond motifs is 4. The van der Waals surface area contributed by atoms with Crippen LogP contribution in [0.5, 0.6) is 28.7 Å². The van der Waals surface area contributed by atoms with Crippen LogP contribution in [-0.4, -0.2) is 112 Å². The Morgan fingerprint density at radius 2 is 1.44 bits per heavy atom. The minimum absolute atomic E-state index is 0.0633. The Bertz CT molecular complexity index is 1860. The zero-order valence-electron chi connectivity index (χ0n) is 27.5. The Morgan fingerprint density at radius 1 is 0.820 bits per heavy atom. The van der Waals surface area contributed by atoms with Crippen molar-refractivity contribution in [1.82, 2.24) is 0 Å². The predicted molar refractivity (Wildman–Crippen MR) is 166 cm³/mol. The van der Waals surface area contributed by atoms with E-state index < -0.39 is 87.1 Å². The first-order valence-electron chi connectivity index (χ1n) is 15.5. The molecule has 0 aromatic heterocycles. The maximum Gasteiger partial charge on any atom is 0.310 e. The number of benzene rings is 2. The molecule has 1 N–H and O–H groups in total. The molecule has 2 aromatic rings. The number of methoxy groups -OCH3 is 2. The van der Waals surface area contributed by atoms with Crippen molar-refractivity contribution in [2.75, 3.05) is 46.7 Å². The summed E-state index contributed by atoms with van der Waals surface area (Å²) in [4.78, 5) is 13.6. The van der Waals surface area contributed by atoms with Gasteiger partial charge < -0.3 is 47.7 Å². The van der Waals surface area contributed by atoms with Gasteiger partial charge in [-0.1, -0.05) is 0 Å². The highest BCUT2D eigenvalue weighted by Gasteiger charge is 2.58. The molecule has 2 aromatic carbocycles. The van der Waals surface area contributed by atoms with Gasteiger partial charge in [-0.2, -0.15) is 16.8 Å². The third-order valence-corrected chi connectivity index (χ3v) is 10.4. The van der Waals surface area contributed by atoms with Gasteiger partial charge in [0.25, 0.3) is 20.2 Å². The molecular formula is C31H36O17S2. The molecule has 4 heterocycles. The number of phenols is 1. The monoisotopic (exact) mass is 744 g/mol. The van der Waals surface area contributed by atoms with E-state index in [1.165, 1.54) is 14.2 Å². The Hall–Kier alpha value is -3.43. The largest absolute Gasteiger partial charge is 0.502 e. The Morgan fingerprint density at radius 3 is 2.06 bits per heavy atom. The van der Waals surface area contributed by atoms with Gasteiger partial charge in [-0.15, -0.1) is 0 Å². The van der Waals surface area contributed by atoms with Crippen LogP contribution >= 0.6 is 0 Å².